The van der Waals surface area contributed by atoms with Gasteiger partial charge in [0.1, 0.15) is 5.71 Å². The summed E-state index contributed by atoms with van der Waals surface area (Å²) in [6.45, 7) is 3.92. The van der Waals surface area contributed by atoms with Crippen molar-refractivity contribution in [3.8, 4) is 0 Å². The second-order valence-corrected chi connectivity index (χ2v) is 6.86. The Morgan fingerprint density at radius 1 is 1.30 bits per heavy atom. The van der Waals surface area contributed by atoms with E-state index in [-0.39, 0.29) is 30.3 Å². The van der Waals surface area contributed by atoms with E-state index in [1.165, 1.54) is 0 Å². The number of carbonyl (C=O) groups is 2. The van der Waals surface area contributed by atoms with Gasteiger partial charge in [-0.05, 0) is 31.9 Å². The van der Waals surface area contributed by atoms with Gasteiger partial charge < -0.3 is 14.4 Å². The Balaban J connectivity index is 1.85. The van der Waals surface area contributed by atoms with Crippen molar-refractivity contribution in [1.29, 1.82) is 0 Å². The van der Waals surface area contributed by atoms with Gasteiger partial charge in [-0.15, -0.1) is 0 Å². The van der Waals surface area contributed by atoms with Gasteiger partial charge in [-0.1, -0.05) is 18.2 Å². The Hall–Kier alpha value is -2.41. The highest BCUT2D eigenvalue weighted by Crippen LogP contribution is 2.27. The molecule has 27 heavy (non-hydrogen) atoms. The molecule has 0 aliphatic carbocycles. The van der Waals surface area contributed by atoms with E-state index in [0.717, 1.165) is 25.1 Å². The minimum Gasteiger partial charge on any atom is -0.466 e. The molecule has 3 rings (SSSR count). The molecule has 0 N–H and O–H groups in total. The molecule has 7 nitrogen and oxygen atoms in total. The molecule has 2 heterocycles. The van der Waals surface area contributed by atoms with Crippen LogP contribution in [-0.2, 0) is 19.1 Å². The molecule has 2 unspecified atom stereocenters. The topological polar surface area (TPSA) is 71.4 Å². The summed E-state index contributed by atoms with van der Waals surface area (Å²) in [6, 6.07) is 9.66. The SMILES string of the molecule is CCOC(=O)CC1CN(c2ccccc2)C(=O)/C1=N\N1CCCC1COC. The van der Waals surface area contributed by atoms with Crippen LogP contribution in [0.4, 0.5) is 5.69 Å². The predicted octanol–water partition coefficient (Wildman–Crippen LogP) is 2.07. The summed E-state index contributed by atoms with van der Waals surface area (Å²) >= 11 is 0. The largest absolute Gasteiger partial charge is 0.466 e. The Bertz CT molecular complexity index is 692. The van der Waals surface area contributed by atoms with E-state index in [9.17, 15) is 9.59 Å². The molecule has 0 spiro atoms. The van der Waals surface area contributed by atoms with Crippen molar-refractivity contribution in [2.24, 2.45) is 11.0 Å². The van der Waals surface area contributed by atoms with E-state index in [4.69, 9.17) is 14.6 Å². The smallest absolute Gasteiger partial charge is 0.306 e. The Morgan fingerprint density at radius 2 is 2.07 bits per heavy atom. The number of anilines is 1. The third-order valence-electron chi connectivity index (χ3n) is 4.98. The number of ether oxygens (including phenoxy) is 2. The molecule has 0 saturated carbocycles. The van der Waals surface area contributed by atoms with Crippen LogP contribution in [0.15, 0.2) is 35.4 Å². The number of esters is 1. The maximum Gasteiger partial charge on any atom is 0.306 e. The molecule has 0 bridgehead atoms. The fourth-order valence-electron chi connectivity index (χ4n) is 3.69. The highest BCUT2D eigenvalue weighted by Gasteiger charge is 2.40. The molecule has 146 valence electrons. The lowest BCUT2D eigenvalue weighted by Gasteiger charge is -2.22. The minimum atomic E-state index is -0.298. The summed E-state index contributed by atoms with van der Waals surface area (Å²) in [5.74, 6) is -0.716. The lowest BCUT2D eigenvalue weighted by atomic mass is 10.0. The van der Waals surface area contributed by atoms with E-state index in [0.29, 0.717) is 25.5 Å². The van der Waals surface area contributed by atoms with Crippen molar-refractivity contribution < 1.29 is 19.1 Å². The number of hydrogen-bond acceptors (Lipinski definition) is 6. The normalized spacial score (nSPS) is 24.1. The number of para-hydroxylation sites is 1. The van der Waals surface area contributed by atoms with E-state index in [2.05, 4.69) is 0 Å². The minimum absolute atomic E-state index is 0.140. The number of rotatable bonds is 7. The van der Waals surface area contributed by atoms with Crippen LogP contribution in [0.1, 0.15) is 26.2 Å². The highest BCUT2D eigenvalue weighted by atomic mass is 16.5. The lowest BCUT2D eigenvalue weighted by Crippen LogP contribution is -2.33. The number of nitrogens with zero attached hydrogens (tertiary/aromatic N) is 3. The van der Waals surface area contributed by atoms with Gasteiger partial charge in [0, 0.05) is 31.8 Å². The van der Waals surface area contributed by atoms with Gasteiger partial charge in [0.2, 0.25) is 0 Å². The van der Waals surface area contributed by atoms with Crippen LogP contribution in [0.5, 0.6) is 0 Å². The first-order valence-electron chi connectivity index (χ1n) is 9.50. The number of hydrazone groups is 1. The van der Waals surface area contributed by atoms with Crippen molar-refractivity contribution in [3.63, 3.8) is 0 Å². The number of benzene rings is 1. The fourth-order valence-corrected chi connectivity index (χ4v) is 3.69. The van der Waals surface area contributed by atoms with E-state index >= 15 is 0 Å². The Kier molecular flexibility index (Phi) is 6.45. The molecular formula is C20H27N3O4. The second-order valence-electron chi connectivity index (χ2n) is 6.86. The molecule has 7 heteroatoms. The highest BCUT2D eigenvalue weighted by molar-refractivity contribution is 6.47. The van der Waals surface area contributed by atoms with E-state index in [1.807, 2.05) is 35.3 Å². The third-order valence-corrected chi connectivity index (χ3v) is 4.98. The number of amides is 1. The van der Waals surface area contributed by atoms with Crippen LogP contribution in [-0.4, -0.2) is 62.1 Å². The first-order valence-corrected chi connectivity index (χ1v) is 9.50. The standard InChI is InChI=1S/C20H27N3O4/c1-3-27-18(24)12-15-13-22(16-8-5-4-6-9-16)20(25)19(15)21-23-11-7-10-17(23)14-26-2/h4-6,8-9,15,17H,3,7,10-14H2,1-2H3/b21-19-. The van der Waals surface area contributed by atoms with Gasteiger partial charge in [0.05, 0.1) is 25.7 Å². The Morgan fingerprint density at radius 3 is 2.78 bits per heavy atom. The average Bonchev–Trinajstić information content (AvgIpc) is 3.22. The zero-order valence-corrected chi connectivity index (χ0v) is 16.0. The van der Waals surface area contributed by atoms with Crippen LogP contribution >= 0.6 is 0 Å². The second kappa shape index (κ2) is 8.99. The summed E-state index contributed by atoms with van der Waals surface area (Å²) in [4.78, 5) is 26.8. The molecule has 0 radical (unpaired) electrons. The van der Waals surface area contributed by atoms with Gasteiger partial charge in [0.15, 0.2) is 0 Å². The zero-order valence-electron chi connectivity index (χ0n) is 16.0. The maximum absolute atomic E-state index is 13.1. The van der Waals surface area contributed by atoms with Crippen molar-refractivity contribution in [2.45, 2.75) is 32.2 Å². The van der Waals surface area contributed by atoms with Crippen LogP contribution in [0.25, 0.3) is 0 Å². The van der Waals surface area contributed by atoms with Crippen molar-refractivity contribution >= 4 is 23.3 Å². The molecule has 1 aromatic rings. The van der Waals surface area contributed by atoms with Gasteiger partial charge in [-0.25, -0.2) is 0 Å². The van der Waals surface area contributed by atoms with Crippen LogP contribution in [0.2, 0.25) is 0 Å². The summed E-state index contributed by atoms with van der Waals surface area (Å²) in [6.07, 6.45) is 2.16. The monoisotopic (exact) mass is 373 g/mol. The molecule has 0 aromatic heterocycles. The van der Waals surface area contributed by atoms with Gasteiger partial charge >= 0.3 is 5.97 Å². The average molecular weight is 373 g/mol. The van der Waals surface area contributed by atoms with Gasteiger partial charge in [-0.3, -0.25) is 14.6 Å². The first-order chi connectivity index (χ1) is 13.1. The third kappa shape index (κ3) is 4.47. The maximum atomic E-state index is 13.1. The van der Waals surface area contributed by atoms with Crippen molar-refractivity contribution in [1.82, 2.24) is 5.01 Å². The quantitative estimate of drug-likeness (QED) is 0.684. The summed E-state index contributed by atoms with van der Waals surface area (Å²) < 4.78 is 10.4. The van der Waals surface area contributed by atoms with Crippen molar-refractivity contribution in [3.05, 3.63) is 30.3 Å². The number of carbonyl (C=O) groups excluding carboxylic acids is 2. The zero-order chi connectivity index (χ0) is 19.2. The van der Waals surface area contributed by atoms with Gasteiger partial charge in [0.25, 0.3) is 5.91 Å². The van der Waals surface area contributed by atoms with Gasteiger partial charge in [-0.2, -0.15) is 5.10 Å². The molecule has 1 aromatic carbocycles. The lowest BCUT2D eigenvalue weighted by molar-refractivity contribution is -0.143. The van der Waals surface area contributed by atoms with Crippen LogP contribution < -0.4 is 4.90 Å². The number of methoxy groups -OCH3 is 1. The molecule has 2 atom stereocenters. The molecule has 2 fully saturated rings. The first kappa shape index (κ1) is 19.4. The summed E-state index contributed by atoms with van der Waals surface area (Å²) in [5.41, 5.74) is 1.26. The van der Waals surface area contributed by atoms with E-state index < -0.39 is 0 Å². The van der Waals surface area contributed by atoms with E-state index in [1.54, 1.807) is 18.9 Å². The Labute approximate surface area is 159 Å². The number of hydrogen-bond donors (Lipinski definition) is 0. The molecule has 2 aliphatic heterocycles. The molecular weight excluding hydrogens is 346 g/mol. The fraction of sp³-hybridized carbons (Fsp3) is 0.550. The molecule has 2 saturated heterocycles. The predicted molar refractivity (Wildman–Crippen MR) is 103 cm³/mol. The van der Waals surface area contributed by atoms with Crippen LogP contribution in [0.3, 0.4) is 0 Å². The summed E-state index contributed by atoms with van der Waals surface area (Å²) in [7, 11) is 1.67. The summed E-state index contributed by atoms with van der Waals surface area (Å²) in [5, 5.41) is 6.65. The molecule has 1 amide bonds. The molecule has 2 aliphatic rings. The van der Waals surface area contributed by atoms with Crippen molar-refractivity contribution in [2.75, 3.05) is 38.3 Å². The van der Waals surface area contributed by atoms with Crippen LogP contribution in [0, 0.1) is 5.92 Å².